The van der Waals surface area contributed by atoms with Gasteiger partial charge in [-0.1, -0.05) is 27.7 Å². The van der Waals surface area contributed by atoms with E-state index in [1.54, 1.807) is 0 Å². The van der Waals surface area contributed by atoms with Gasteiger partial charge in [-0.25, -0.2) is 0 Å². The Morgan fingerprint density at radius 1 is 0.609 bits per heavy atom. The second kappa shape index (κ2) is 95.1. The quantitative estimate of drug-likeness (QED) is 0.257. The minimum absolute atomic E-state index is 0. The van der Waals surface area contributed by atoms with Crippen LogP contribution in [0.4, 0.5) is 0 Å². The number of nitrogens with zero attached hydrogens (tertiary/aromatic N) is 1. The van der Waals surface area contributed by atoms with Gasteiger partial charge in [0.25, 0.3) is 0 Å². The molecule has 23 heavy (non-hydrogen) atoms. The first-order valence-electron chi connectivity index (χ1n) is 4.42. The van der Waals surface area contributed by atoms with E-state index in [2.05, 4.69) is 87.8 Å². The number of rotatable bonds is 3. The standard InChI is InChI=1S/C6H14BrNP.6CO.2Mn/c1-5(2)8(9-7)6(3)4;6*1-2;;/h5-6H,1-4H3;;;;;;;;/q-1;;;;;;;;. The molecule has 7 nitrogen and oxygen atoms in total. The van der Waals surface area contributed by atoms with E-state index in [0.717, 1.165) is 0 Å². The Morgan fingerprint density at radius 2 is 0.739 bits per heavy atom. The van der Waals surface area contributed by atoms with Crippen molar-refractivity contribution in [1.29, 1.82) is 0 Å². The van der Waals surface area contributed by atoms with Crippen molar-refractivity contribution in [2.75, 3.05) is 0 Å². The van der Waals surface area contributed by atoms with Crippen LogP contribution in [0.15, 0.2) is 0 Å². The summed E-state index contributed by atoms with van der Waals surface area (Å²) in [5.74, 6) is 0. The number of hydrogen-bond acceptors (Lipinski definition) is 1. The van der Waals surface area contributed by atoms with E-state index in [-0.39, 0.29) is 34.1 Å². The average molecular weight is 489 g/mol. The van der Waals surface area contributed by atoms with E-state index >= 15 is 0 Å². The predicted molar refractivity (Wildman–Crippen MR) is 71.5 cm³/mol. The first kappa shape index (κ1) is 56.6. The van der Waals surface area contributed by atoms with Crippen LogP contribution in [0.2, 0.25) is 0 Å². The van der Waals surface area contributed by atoms with E-state index in [0.29, 0.717) is 12.1 Å². The Morgan fingerprint density at radius 3 is 0.739 bits per heavy atom. The Kier molecular flexibility index (Phi) is 234. The molecule has 0 bridgehead atoms. The molecule has 0 saturated carbocycles. The van der Waals surface area contributed by atoms with E-state index < -0.39 is 0 Å². The van der Waals surface area contributed by atoms with Crippen molar-refractivity contribution in [3.8, 4) is 0 Å². The van der Waals surface area contributed by atoms with E-state index in [1.165, 1.54) is 7.43 Å². The van der Waals surface area contributed by atoms with Gasteiger partial charge in [0.1, 0.15) is 0 Å². The zero-order valence-corrected chi connectivity index (χ0v) is 17.5. The molecule has 0 spiro atoms. The summed E-state index contributed by atoms with van der Waals surface area (Å²) in [5.41, 5.74) is 0. The largest absolute Gasteiger partial charge is 0 e. The summed E-state index contributed by atoms with van der Waals surface area (Å²) in [7, 11) is 1.19. The molecule has 130 valence electrons. The van der Waals surface area contributed by atoms with Gasteiger partial charge in [0, 0.05) is 34.1 Å². The molecule has 0 unspecified atom stereocenters. The van der Waals surface area contributed by atoms with Crippen LogP contribution in [0.3, 0.4) is 0 Å². The van der Waals surface area contributed by atoms with Gasteiger partial charge in [-0.15, -0.1) is 0 Å². The van der Waals surface area contributed by atoms with Gasteiger partial charge in [-0.2, -0.15) is 0 Å². The van der Waals surface area contributed by atoms with Crippen molar-refractivity contribution in [3.63, 3.8) is 0 Å². The van der Waals surface area contributed by atoms with Crippen LogP contribution < -0.4 is 0 Å². The van der Waals surface area contributed by atoms with Crippen molar-refractivity contribution in [2.45, 2.75) is 39.8 Å². The van der Waals surface area contributed by atoms with E-state index in [9.17, 15) is 0 Å². The summed E-state index contributed by atoms with van der Waals surface area (Å²) in [4.78, 5) is 0. The molecular weight excluding hydrogens is 475 g/mol. The van der Waals surface area contributed by atoms with Gasteiger partial charge < -0.3 is 27.6 Å². The second-order valence-electron chi connectivity index (χ2n) is 2.64. The summed E-state index contributed by atoms with van der Waals surface area (Å²) in [6, 6.07) is 1.26. The molecule has 0 aliphatic rings. The SMILES string of the molecule is CC(C)N([P-]Br)C(C)C.[C-]#[O+].[C-]#[O+].[C-]#[O+].[C-]#[O+].[C-]#[O+].[C-]#[O+].[Mn].[Mn]. The maximum atomic E-state index is 7.50. The molecule has 0 aromatic rings. The van der Waals surface area contributed by atoms with Crippen LogP contribution in [0.5, 0.6) is 0 Å². The molecule has 0 amide bonds. The molecule has 0 atom stereocenters. The van der Waals surface area contributed by atoms with Crippen LogP contribution in [-0.2, 0) is 62.1 Å². The van der Waals surface area contributed by atoms with Crippen LogP contribution >= 0.6 is 22.9 Å². The van der Waals surface area contributed by atoms with Gasteiger partial charge in [0.15, 0.2) is 0 Å². The summed E-state index contributed by atoms with van der Waals surface area (Å²) in [6.45, 7) is 35.8. The van der Waals surface area contributed by atoms with Crippen molar-refractivity contribution in [1.82, 2.24) is 4.67 Å². The fourth-order valence-electron chi connectivity index (χ4n) is 0.771. The molecule has 2 radical (unpaired) electrons. The topological polar surface area (TPSA) is 123 Å². The van der Waals surface area contributed by atoms with Crippen LogP contribution in [0.25, 0.3) is 0 Å². The minimum atomic E-state index is 0. The average Bonchev–Trinajstić information content (AvgIpc) is 2.58. The maximum Gasteiger partial charge on any atom is 0 e. The molecule has 0 rings (SSSR count). The van der Waals surface area contributed by atoms with Gasteiger partial charge >= 0.3 is 67.8 Å². The van der Waals surface area contributed by atoms with Gasteiger partial charge in [-0.05, 0) is 12.1 Å². The van der Waals surface area contributed by atoms with Crippen LogP contribution in [-0.4, -0.2) is 16.8 Å². The number of halogens is 1. The van der Waals surface area contributed by atoms with Crippen LogP contribution in [0, 0.1) is 39.9 Å². The summed E-state index contributed by atoms with van der Waals surface area (Å²) in [6.07, 6.45) is 0. The molecule has 0 fully saturated rings. The van der Waals surface area contributed by atoms with Gasteiger partial charge in [-0.3, -0.25) is 0 Å². The first-order valence-corrected chi connectivity index (χ1v) is 7.29. The third-order valence-electron chi connectivity index (χ3n) is 1.15. The van der Waals surface area contributed by atoms with Crippen molar-refractivity contribution < 1.29 is 62.1 Å². The first-order chi connectivity index (χ1) is 10.1. The molecule has 0 saturated heterocycles. The molecular formula is C12H14BrMn2NO6P-. The zero-order chi connectivity index (χ0) is 19.4. The predicted octanol–water partition coefficient (Wildman–Crippen LogP) is 3.05. The molecule has 0 aromatic heterocycles. The van der Waals surface area contributed by atoms with Gasteiger partial charge in [0.05, 0.1) is 0 Å². The Balaban J connectivity index is -0.0000000171. The van der Waals surface area contributed by atoms with Gasteiger partial charge in [0.2, 0.25) is 0 Å². The van der Waals surface area contributed by atoms with Crippen molar-refractivity contribution in [2.24, 2.45) is 0 Å². The fourth-order valence-corrected chi connectivity index (χ4v) is 3.32. The summed E-state index contributed by atoms with van der Waals surface area (Å²) in [5, 5.41) is 0. The molecule has 0 aromatic carbocycles. The second-order valence-corrected chi connectivity index (χ2v) is 4.21. The third-order valence-corrected chi connectivity index (χ3v) is 3.34. The van der Waals surface area contributed by atoms with E-state index in [4.69, 9.17) is 27.9 Å². The fraction of sp³-hybridized carbons (Fsp3) is 0.500. The van der Waals surface area contributed by atoms with Crippen molar-refractivity contribution in [3.05, 3.63) is 39.9 Å². The zero-order valence-electron chi connectivity index (χ0n) is 12.6. The third kappa shape index (κ3) is 86.4. The monoisotopic (exact) mass is 488 g/mol. The Labute approximate surface area is 168 Å². The van der Waals surface area contributed by atoms with Crippen LogP contribution in [0.1, 0.15) is 27.7 Å². The number of hydrogen-bond donors (Lipinski definition) is 0. The normalized spacial score (nSPS) is 5.74. The van der Waals surface area contributed by atoms with E-state index in [1.807, 2.05) is 0 Å². The molecule has 11 heteroatoms. The molecule has 0 heterocycles. The summed E-state index contributed by atoms with van der Waals surface area (Å²) >= 11 is 3.42. The summed E-state index contributed by atoms with van der Waals surface area (Å²) < 4.78 is 47.3. The smallest absolute Gasteiger partial charge is 0 e. The molecule has 0 N–H and O–H groups in total. The Hall–Kier alpha value is 0.349. The molecule has 0 aliphatic heterocycles. The maximum absolute atomic E-state index is 7.50. The molecule has 0 aliphatic carbocycles. The minimum Gasteiger partial charge on any atom is 0 e. The van der Waals surface area contributed by atoms with Crippen molar-refractivity contribution >= 4 is 22.9 Å². The Bertz CT molecular complexity index is 226.